The van der Waals surface area contributed by atoms with Crippen LogP contribution in [-0.4, -0.2) is 17.8 Å². The van der Waals surface area contributed by atoms with E-state index in [1.807, 2.05) is 0 Å². The molecule has 16 heavy (non-hydrogen) atoms. The Balaban J connectivity index is 2.38. The van der Waals surface area contributed by atoms with Crippen molar-refractivity contribution in [3.05, 3.63) is 28.0 Å². The highest BCUT2D eigenvalue weighted by molar-refractivity contribution is 6.32. The first-order valence-corrected chi connectivity index (χ1v) is 5.09. The maximum atomic E-state index is 11.8. The molecule has 1 rings (SSSR count). The second kappa shape index (κ2) is 5.70. The molecule has 0 aliphatic heterocycles. The van der Waals surface area contributed by atoms with E-state index >= 15 is 0 Å². The van der Waals surface area contributed by atoms with Crippen molar-refractivity contribution in [2.45, 2.75) is 19.2 Å². The first-order chi connectivity index (χ1) is 7.38. The highest BCUT2D eigenvalue weighted by Crippen LogP contribution is 2.20. The van der Waals surface area contributed by atoms with Crippen molar-refractivity contribution in [2.24, 2.45) is 0 Å². The van der Waals surface area contributed by atoms with Gasteiger partial charge < -0.3 is 4.74 Å². The summed E-state index contributed by atoms with van der Waals surface area (Å²) >= 11 is 11.3. The first-order valence-electron chi connectivity index (χ1n) is 4.34. The number of halogens is 5. The van der Waals surface area contributed by atoms with E-state index in [2.05, 4.69) is 4.98 Å². The first kappa shape index (κ1) is 13.5. The van der Waals surface area contributed by atoms with Gasteiger partial charge in [0.25, 0.3) is 0 Å². The van der Waals surface area contributed by atoms with Crippen LogP contribution in [0.5, 0.6) is 0 Å². The number of pyridine rings is 1. The van der Waals surface area contributed by atoms with Crippen LogP contribution in [0.25, 0.3) is 0 Å². The molecule has 0 aromatic carbocycles. The van der Waals surface area contributed by atoms with Crippen LogP contribution in [-0.2, 0) is 11.3 Å². The van der Waals surface area contributed by atoms with Crippen LogP contribution >= 0.6 is 23.2 Å². The lowest BCUT2D eigenvalue weighted by Gasteiger charge is -2.08. The fourth-order valence-electron chi connectivity index (χ4n) is 0.919. The zero-order chi connectivity index (χ0) is 12.2. The molecule has 2 nitrogen and oxygen atoms in total. The van der Waals surface area contributed by atoms with E-state index in [9.17, 15) is 13.2 Å². The number of aromatic nitrogens is 1. The van der Waals surface area contributed by atoms with E-state index in [1.54, 1.807) is 6.07 Å². The quantitative estimate of drug-likeness (QED) is 0.614. The highest BCUT2D eigenvalue weighted by Gasteiger charge is 2.26. The van der Waals surface area contributed by atoms with Gasteiger partial charge in [-0.3, -0.25) is 0 Å². The molecule has 1 aromatic rings. The van der Waals surface area contributed by atoms with Crippen molar-refractivity contribution in [2.75, 3.05) is 6.61 Å². The fraction of sp³-hybridized carbons (Fsp3) is 0.444. The van der Waals surface area contributed by atoms with Crippen molar-refractivity contribution in [1.29, 1.82) is 0 Å². The zero-order valence-electron chi connectivity index (χ0n) is 8.02. The molecule has 0 fully saturated rings. The van der Waals surface area contributed by atoms with Crippen molar-refractivity contribution < 1.29 is 17.9 Å². The summed E-state index contributed by atoms with van der Waals surface area (Å²) in [6.45, 7) is -0.415. The van der Waals surface area contributed by atoms with Crippen LogP contribution in [0.15, 0.2) is 12.1 Å². The Morgan fingerprint density at radius 2 is 1.94 bits per heavy atom. The van der Waals surface area contributed by atoms with E-state index in [1.165, 1.54) is 6.07 Å². The van der Waals surface area contributed by atoms with Crippen LogP contribution < -0.4 is 0 Å². The molecule has 0 unspecified atom stereocenters. The monoisotopic (exact) mass is 273 g/mol. The van der Waals surface area contributed by atoms with Crippen molar-refractivity contribution in [3.8, 4) is 0 Å². The summed E-state index contributed by atoms with van der Waals surface area (Å²) in [4.78, 5) is 3.73. The van der Waals surface area contributed by atoms with Gasteiger partial charge in [0.15, 0.2) is 0 Å². The van der Waals surface area contributed by atoms with Crippen LogP contribution in [0.1, 0.15) is 12.0 Å². The lowest BCUT2D eigenvalue weighted by atomic mass is 10.3. The smallest absolute Gasteiger partial charge is 0.376 e. The Labute approximate surface area is 100 Å². The molecule has 90 valence electrons. The van der Waals surface area contributed by atoms with Gasteiger partial charge in [-0.15, -0.1) is 0 Å². The molecule has 0 aliphatic rings. The largest absolute Gasteiger partial charge is 0.391 e. The Morgan fingerprint density at radius 3 is 2.50 bits per heavy atom. The van der Waals surface area contributed by atoms with Gasteiger partial charge in [-0.1, -0.05) is 29.3 Å². The average molecular weight is 274 g/mol. The number of hydrogen-bond acceptors (Lipinski definition) is 2. The molecule has 0 saturated carbocycles. The molecule has 0 aliphatic carbocycles. The molecule has 0 saturated heterocycles. The Morgan fingerprint density at radius 1 is 1.25 bits per heavy atom. The molecule has 0 N–H and O–H groups in total. The Hall–Kier alpha value is -0.520. The number of rotatable bonds is 4. The van der Waals surface area contributed by atoms with Crippen molar-refractivity contribution in [1.82, 2.24) is 4.98 Å². The van der Waals surface area contributed by atoms with Gasteiger partial charge in [0.2, 0.25) is 0 Å². The number of hydrogen-bond donors (Lipinski definition) is 0. The summed E-state index contributed by atoms with van der Waals surface area (Å²) in [5, 5.41) is 0.364. The SMILES string of the molecule is FC(F)(F)CCOCc1ccc(Cl)nc1Cl. The molecule has 0 spiro atoms. The van der Waals surface area contributed by atoms with Crippen molar-refractivity contribution in [3.63, 3.8) is 0 Å². The van der Waals surface area contributed by atoms with Crippen LogP contribution in [0, 0.1) is 0 Å². The zero-order valence-corrected chi connectivity index (χ0v) is 9.53. The second-order valence-electron chi connectivity index (χ2n) is 3.00. The second-order valence-corrected chi connectivity index (χ2v) is 3.75. The van der Waals surface area contributed by atoms with Gasteiger partial charge in [0.1, 0.15) is 10.3 Å². The summed E-state index contributed by atoms with van der Waals surface area (Å²) < 4.78 is 40.2. The molecule has 0 bridgehead atoms. The van der Waals surface area contributed by atoms with Gasteiger partial charge in [0.05, 0.1) is 19.6 Å². The van der Waals surface area contributed by atoms with E-state index < -0.39 is 19.2 Å². The highest BCUT2D eigenvalue weighted by atomic mass is 35.5. The van der Waals surface area contributed by atoms with E-state index in [0.29, 0.717) is 5.56 Å². The molecular weight excluding hydrogens is 266 g/mol. The normalized spacial score (nSPS) is 11.8. The molecule has 1 aromatic heterocycles. The van der Waals surface area contributed by atoms with Gasteiger partial charge >= 0.3 is 6.18 Å². The molecule has 0 atom stereocenters. The number of nitrogens with zero attached hydrogens (tertiary/aromatic N) is 1. The van der Waals surface area contributed by atoms with E-state index in [0.717, 1.165) is 0 Å². The van der Waals surface area contributed by atoms with E-state index in [-0.39, 0.29) is 16.9 Å². The molecule has 1 heterocycles. The standard InChI is InChI=1S/C9H8Cl2F3NO/c10-7-2-1-6(8(11)15-7)5-16-4-3-9(12,13)14/h1-2H,3-5H2. The van der Waals surface area contributed by atoms with Crippen molar-refractivity contribution >= 4 is 23.2 Å². The maximum absolute atomic E-state index is 11.8. The van der Waals surface area contributed by atoms with Gasteiger partial charge in [-0.2, -0.15) is 13.2 Å². The van der Waals surface area contributed by atoms with Gasteiger partial charge in [0, 0.05) is 5.56 Å². The summed E-state index contributed by atoms with van der Waals surface area (Å²) in [6, 6.07) is 3.06. The third-order valence-corrected chi connectivity index (χ3v) is 2.22. The third-order valence-electron chi connectivity index (χ3n) is 1.68. The third kappa shape index (κ3) is 5.01. The van der Waals surface area contributed by atoms with Crippen LogP contribution in [0.3, 0.4) is 0 Å². The summed E-state index contributed by atoms with van der Waals surface area (Å²) in [5.41, 5.74) is 0.508. The Kier molecular flexibility index (Phi) is 4.83. The van der Waals surface area contributed by atoms with E-state index in [4.69, 9.17) is 27.9 Å². The summed E-state index contributed by atoms with van der Waals surface area (Å²) in [6.07, 6.45) is -5.19. The molecule has 0 amide bonds. The van der Waals surface area contributed by atoms with Crippen LogP contribution in [0.2, 0.25) is 10.3 Å². The van der Waals surface area contributed by atoms with Gasteiger partial charge in [-0.05, 0) is 6.07 Å². The molecular formula is C9H8Cl2F3NO. The van der Waals surface area contributed by atoms with Crippen LogP contribution in [0.4, 0.5) is 13.2 Å². The topological polar surface area (TPSA) is 22.1 Å². The number of ether oxygens (including phenoxy) is 1. The molecule has 7 heteroatoms. The Bertz CT molecular complexity index is 357. The maximum Gasteiger partial charge on any atom is 0.391 e. The minimum atomic E-state index is -4.21. The minimum absolute atomic E-state index is 0.0148. The number of alkyl halides is 3. The average Bonchev–Trinajstić information content (AvgIpc) is 2.13. The molecule has 0 radical (unpaired) electrons. The fourth-order valence-corrected chi connectivity index (χ4v) is 1.32. The minimum Gasteiger partial charge on any atom is -0.376 e. The predicted octanol–water partition coefficient (Wildman–Crippen LogP) is 3.86. The summed E-state index contributed by atoms with van der Waals surface area (Å²) in [7, 11) is 0. The predicted molar refractivity (Wildman–Crippen MR) is 54.6 cm³/mol. The lowest BCUT2D eigenvalue weighted by molar-refractivity contribution is -0.146. The summed E-state index contributed by atoms with van der Waals surface area (Å²) in [5.74, 6) is 0. The van der Waals surface area contributed by atoms with Gasteiger partial charge in [-0.25, -0.2) is 4.98 Å². The lowest BCUT2D eigenvalue weighted by Crippen LogP contribution is -2.11.